The van der Waals surface area contributed by atoms with Gasteiger partial charge in [-0.25, -0.2) is 0 Å². The van der Waals surface area contributed by atoms with Crippen LogP contribution in [-0.4, -0.2) is 6.34 Å². The molecule has 0 unspecified atom stereocenters. The normalized spacial score (nSPS) is 13.9. The van der Waals surface area contributed by atoms with E-state index in [1.165, 1.54) is 28.8 Å². The Hall–Kier alpha value is -2.12. The number of aryl methyl sites for hydroxylation is 1. The van der Waals surface area contributed by atoms with E-state index in [1.54, 1.807) is 17.7 Å². The molecule has 2 aromatic rings. The predicted molar refractivity (Wildman–Crippen MR) is 87.9 cm³/mol. The van der Waals surface area contributed by atoms with Gasteiger partial charge in [0.2, 0.25) is 0 Å². The molecular formula is C17H17N3S. The molecular weight excluding hydrogens is 278 g/mol. The monoisotopic (exact) mass is 295 g/mol. The van der Waals surface area contributed by atoms with Gasteiger partial charge in [-0.05, 0) is 36.8 Å². The van der Waals surface area contributed by atoms with Crippen molar-refractivity contribution < 1.29 is 0 Å². The summed E-state index contributed by atoms with van der Waals surface area (Å²) in [5, 5.41) is 13.5. The van der Waals surface area contributed by atoms with E-state index in [0.717, 1.165) is 23.4 Å². The van der Waals surface area contributed by atoms with Gasteiger partial charge in [-0.2, -0.15) is 5.26 Å². The lowest BCUT2D eigenvalue weighted by Gasteiger charge is -2.09. The molecule has 3 rings (SSSR count). The summed E-state index contributed by atoms with van der Waals surface area (Å²) in [4.78, 5) is 5.75. The van der Waals surface area contributed by atoms with Gasteiger partial charge in [-0.15, -0.1) is 11.3 Å². The molecule has 21 heavy (non-hydrogen) atoms. The molecule has 0 radical (unpaired) electrons. The Labute approximate surface area is 129 Å². The third-order valence-corrected chi connectivity index (χ3v) is 4.91. The molecule has 1 aliphatic rings. The highest BCUT2D eigenvalue weighted by atomic mass is 32.1. The van der Waals surface area contributed by atoms with Crippen LogP contribution in [0.1, 0.15) is 34.4 Å². The number of benzene rings is 1. The molecule has 0 bridgehead atoms. The molecule has 0 saturated carbocycles. The number of hydrogen-bond acceptors (Lipinski definition) is 3. The van der Waals surface area contributed by atoms with Crippen molar-refractivity contribution >= 4 is 22.7 Å². The van der Waals surface area contributed by atoms with Crippen LogP contribution in [0, 0.1) is 11.3 Å². The van der Waals surface area contributed by atoms with Crippen LogP contribution in [0.15, 0.2) is 35.3 Å². The topological polar surface area (TPSA) is 48.2 Å². The molecule has 0 spiro atoms. The number of aliphatic imine (C=N–C) groups is 1. The van der Waals surface area contributed by atoms with Gasteiger partial charge in [-0.1, -0.05) is 30.3 Å². The van der Waals surface area contributed by atoms with E-state index in [4.69, 9.17) is 0 Å². The standard InChI is InChI=1S/C17H17N3S/c18-10-15-14-8-4-5-9-16(14)21-17(15)20-12-19-11-13-6-2-1-3-7-13/h1-3,6-7,12H,4-5,8-9,11H2,(H,19,20). The Morgan fingerprint density at radius 3 is 2.86 bits per heavy atom. The van der Waals surface area contributed by atoms with Gasteiger partial charge in [0, 0.05) is 4.88 Å². The predicted octanol–water partition coefficient (Wildman–Crippen LogP) is 4.14. The fraction of sp³-hybridized carbons (Fsp3) is 0.294. The van der Waals surface area contributed by atoms with E-state index in [1.807, 2.05) is 18.2 Å². The van der Waals surface area contributed by atoms with Crippen molar-refractivity contribution in [3.05, 3.63) is 51.9 Å². The number of fused-ring (bicyclic) bond motifs is 1. The van der Waals surface area contributed by atoms with Crippen LogP contribution in [0.5, 0.6) is 0 Å². The van der Waals surface area contributed by atoms with Crippen molar-refractivity contribution in [1.82, 2.24) is 0 Å². The van der Waals surface area contributed by atoms with E-state index < -0.39 is 0 Å². The van der Waals surface area contributed by atoms with E-state index in [2.05, 4.69) is 28.5 Å². The smallest absolute Gasteiger partial charge is 0.112 e. The first kappa shape index (κ1) is 13.8. The quantitative estimate of drug-likeness (QED) is 0.680. The maximum atomic E-state index is 9.37. The lowest BCUT2D eigenvalue weighted by atomic mass is 9.96. The van der Waals surface area contributed by atoms with Gasteiger partial charge in [0.1, 0.15) is 11.1 Å². The first-order valence-electron chi connectivity index (χ1n) is 7.22. The first-order valence-corrected chi connectivity index (χ1v) is 8.03. The molecule has 1 aromatic heterocycles. The van der Waals surface area contributed by atoms with Gasteiger partial charge in [0.05, 0.1) is 18.4 Å². The molecule has 1 aliphatic carbocycles. The van der Waals surface area contributed by atoms with Crippen molar-refractivity contribution in [2.24, 2.45) is 4.99 Å². The summed E-state index contributed by atoms with van der Waals surface area (Å²) in [6.07, 6.45) is 6.29. The van der Waals surface area contributed by atoms with Crippen molar-refractivity contribution in [3.63, 3.8) is 0 Å². The molecule has 0 aliphatic heterocycles. The summed E-state index contributed by atoms with van der Waals surface area (Å²) < 4.78 is 0. The van der Waals surface area contributed by atoms with Crippen LogP contribution < -0.4 is 5.32 Å². The van der Waals surface area contributed by atoms with E-state index in [0.29, 0.717) is 6.54 Å². The molecule has 0 fully saturated rings. The van der Waals surface area contributed by atoms with E-state index in [-0.39, 0.29) is 0 Å². The lowest BCUT2D eigenvalue weighted by molar-refractivity contribution is 0.696. The maximum absolute atomic E-state index is 9.37. The second-order valence-electron chi connectivity index (χ2n) is 5.13. The maximum Gasteiger partial charge on any atom is 0.112 e. The number of nitriles is 1. The SMILES string of the molecule is N#Cc1c(NC=NCc2ccccc2)sc2c1CCCC2. The van der Waals surface area contributed by atoms with Crippen molar-refractivity contribution in [2.45, 2.75) is 32.2 Å². The average Bonchev–Trinajstić information content (AvgIpc) is 2.90. The Kier molecular flexibility index (Phi) is 4.32. The number of thiophene rings is 1. The zero-order valence-corrected chi connectivity index (χ0v) is 12.6. The second kappa shape index (κ2) is 6.55. The highest BCUT2D eigenvalue weighted by Crippen LogP contribution is 2.37. The Morgan fingerprint density at radius 2 is 2.05 bits per heavy atom. The molecule has 0 atom stereocenters. The largest absolute Gasteiger partial charge is 0.337 e. The summed E-state index contributed by atoms with van der Waals surface area (Å²) in [6.45, 7) is 0.654. The molecule has 0 amide bonds. The van der Waals surface area contributed by atoms with E-state index >= 15 is 0 Å². The number of hydrogen-bond donors (Lipinski definition) is 1. The molecule has 106 valence electrons. The van der Waals surface area contributed by atoms with Gasteiger partial charge in [-0.3, -0.25) is 4.99 Å². The van der Waals surface area contributed by atoms with Gasteiger partial charge in [0.25, 0.3) is 0 Å². The molecule has 0 saturated heterocycles. The molecule has 1 N–H and O–H groups in total. The van der Waals surface area contributed by atoms with Crippen molar-refractivity contribution in [2.75, 3.05) is 5.32 Å². The third kappa shape index (κ3) is 3.14. The van der Waals surface area contributed by atoms with Crippen LogP contribution in [0.25, 0.3) is 0 Å². The molecule has 1 aromatic carbocycles. The Bertz CT molecular complexity index is 680. The zero-order chi connectivity index (χ0) is 14.5. The lowest BCUT2D eigenvalue weighted by Crippen LogP contribution is -2.00. The molecule has 4 heteroatoms. The van der Waals surface area contributed by atoms with Gasteiger partial charge >= 0.3 is 0 Å². The summed E-state index contributed by atoms with van der Waals surface area (Å²) in [5.41, 5.74) is 3.26. The first-order chi connectivity index (χ1) is 10.4. The van der Waals surface area contributed by atoms with Gasteiger partial charge < -0.3 is 5.32 Å². The zero-order valence-electron chi connectivity index (χ0n) is 11.8. The van der Waals surface area contributed by atoms with E-state index in [9.17, 15) is 5.26 Å². The highest BCUT2D eigenvalue weighted by molar-refractivity contribution is 7.16. The number of nitrogens with one attached hydrogen (secondary N) is 1. The van der Waals surface area contributed by atoms with Crippen molar-refractivity contribution in [1.29, 1.82) is 5.26 Å². The Morgan fingerprint density at radius 1 is 1.24 bits per heavy atom. The van der Waals surface area contributed by atoms with Crippen LogP contribution in [0.4, 0.5) is 5.00 Å². The minimum atomic E-state index is 0.654. The fourth-order valence-corrected chi connectivity index (χ4v) is 3.83. The molecule has 3 nitrogen and oxygen atoms in total. The fourth-order valence-electron chi connectivity index (χ4n) is 2.62. The minimum Gasteiger partial charge on any atom is -0.337 e. The summed E-state index contributed by atoms with van der Waals surface area (Å²) >= 11 is 1.71. The van der Waals surface area contributed by atoms with Gasteiger partial charge in [0.15, 0.2) is 0 Å². The Balaban J connectivity index is 1.68. The average molecular weight is 295 g/mol. The number of rotatable bonds is 4. The van der Waals surface area contributed by atoms with Crippen LogP contribution in [-0.2, 0) is 19.4 Å². The molecule has 1 heterocycles. The van der Waals surface area contributed by atoms with Crippen LogP contribution in [0.3, 0.4) is 0 Å². The summed E-state index contributed by atoms with van der Waals surface area (Å²) in [5.74, 6) is 0. The number of anilines is 1. The third-order valence-electron chi connectivity index (χ3n) is 3.69. The van der Waals surface area contributed by atoms with Crippen LogP contribution >= 0.6 is 11.3 Å². The second-order valence-corrected chi connectivity index (χ2v) is 6.23. The van der Waals surface area contributed by atoms with Crippen LogP contribution in [0.2, 0.25) is 0 Å². The van der Waals surface area contributed by atoms with Crippen molar-refractivity contribution in [3.8, 4) is 6.07 Å². The minimum absolute atomic E-state index is 0.654. The highest BCUT2D eigenvalue weighted by Gasteiger charge is 2.19. The number of nitrogens with zero attached hydrogens (tertiary/aromatic N) is 2. The summed E-state index contributed by atoms with van der Waals surface area (Å²) in [7, 11) is 0. The summed E-state index contributed by atoms with van der Waals surface area (Å²) in [6, 6.07) is 12.5.